The molecule has 0 unspecified atom stereocenters. The van der Waals surface area contributed by atoms with E-state index >= 15 is 0 Å². The third-order valence-corrected chi connectivity index (χ3v) is 11.2. The van der Waals surface area contributed by atoms with Gasteiger partial charge in [-0.25, -0.2) is 0 Å². The Labute approximate surface area is 285 Å². The quantitative estimate of drug-likeness (QED) is 0.142. The number of carbonyl (C=O) groups excluding carboxylic acids is 2. The second-order valence-electron chi connectivity index (χ2n) is 14.4. The maximum absolute atomic E-state index is 13.0. The van der Waals surface area contributed by atoms with E-state index in [4.69, 9.17) is 9.47 Å². The summed E-state index contributed by atoms with van der Waals surface area (Å²) in [5.41, 5.74) is 7.48. The smallest absolute Gasteiger partial charge is 0.314 e. The third-order valence-electron chi connectivity index (χ3n) is 11.2. The number of benzene rings is 4. The monoisotopic (exact) mass is 640 g/mol. The van der Waals surface area contributed by atoms with Crippen LogP contribution in [0.2, 0.25) is 0 Å². The molecule has 0 saturated heterocycles. The van der Waals surface area contributed by atoms with Crippen LogP contribution in [0.4, 0.5) is 0 Å². The van der Waals surface area contributed by atoms with Crippen LogP contribution in [0.1, 0.15) is 113 Å². The fourth-order valence-corrected chi connectivity index (χ4v) is 8.16. The molecule has 0 atom stereocenters. The Balaban J connectivity index is 0.859. The first-order valence-electron chi connectivity index (χ1n) is 18.4. The summed E-state index contributed by atoms with van der Waals surface area (Å²) < 4.78 is 11.5. The SMILES string of the molecule is O=C(Oc1ccc(-c2ccc(C3CCCCC3)cc2)cc1)[C@H]1CC[C@H](C(=O)Oc2ccc(-c3ccc(C4CCCCC4)cc3)cc2)CC1. The van der Waals surface area contributed by atoms with E-state index in [1.54, 1.807) is 0 Å². The van der Waals surface area contributed by atoms with Gasteiger partial charge < -0.3 is 9.47 Å². The molecule has 3 aliphatic carbocycles. The Kier molecular flexibility index (Phi) is 10.4. The summed E-state index contributed by atoms with van der Waals surface area (Å²) in [6.45, 7) is 0. The van der Waals surface area contributed by atoms with Gasteiger partial charge in [0.2, 0.25) is 0 Å². The molecule has 4 nitrogen and oxygen atoms in total. The number of ether oxygens (including phenoxy) is 2. The summed E-state index contributed by atoms with van der Waals surface area (Å²) in [7, 11) is 0. The maximum atomic E-state index is 13.0. The topological polar surface area (TPSA) is 52.6 Å². The molecular formula is C44H48O4. The molecule has 7 rings (SSSR count). The van der Waals surface area contributed by atoms with E-state index in [1.165, 1.54) is 86.5 Å². The highest BCUT2D eigenvalue weighted by molar-refractivity contribution is 5.78. The lowest BCUT2D eigenvalue weighted by Crippen LogP contribution is -2.30. The molecule has 3 saturated carbocycles. The van der Waals surface area contributed by atoms with Crippen LogP contribution in [0.3, 0.4) is 0 Å². The van der Waals surface area contributed by atoms with Crippen LogP contribution in [0.15, 0.2) is 97.1 Å². The van der Waals surface area contributed by atoms with Crippen LogP contribution in [0.25, 0.3) is 22.3 Å². The van der Waals surface area contributed by atoms with Gasteiger partial charge in [-0.05, 0) is 121 Å². The van der Waals surface area contributed by atoms with Crippen molar-refractivity contribution >= 4 is 11.9 Å². The van der Waals surface area contributed by atoms with Crippen molar-refractivity contribution in [2.75, 3.05) is 0 Å². The highest BCUT2D eigenvalue weighted by Crippen LogP contribution is 2.36. The molecule has 0 bridgehead atoms. The second kappa shape index (κ2) is 15.4. The molecule has 0 radical (unpaired) electrons. The Hall–Kier alpha value is -4.18. The Morgan fingerprint density at radius 3 is 0.979 bits per heavy atom. The number of hydrogen-bond acceptors (Lipinski definition) is 4. The van der Waals surface area contributed by atoms with Crippen molar-refractivity contribution in [2.45, 2.75) is 102 Å². The van der Waals surface area contributed by atoms with Crippen LogP contribution >= 0.6 is 0 Å². The molecule has 48 heavy (non-hydrogen) atoms. The van der Waals surface area contributed by atoms with Gasteiger partial charge in [-0.2, -0.15) is 0 Å². The van der Waals surface area contributed by atoms with E-state index in [9.17, 15) is 9.59 Å². The van der Waals surface area contributed by atoms with Crippen molar-refractivity contribution in [3.05, 3.63) is 108 Å². The van der Waals surface area contributed by atoms with Crippen molar-refractivity contribution in [1.29, 1.82) is 0 Å². The van der Waals surface area contributed by atoms with Crippen molar-refractivity contribution < 1.29 is 19.1 Å². The average Bonchev–Trinajstić information content (AvgIpc) is 3.16. The zero-order valence-electron chi connectivity index (χ0n) is 28.1. The Bertz CT molecular complexity index is 1510. The molecule has 0 aliphatic heterocycles. The lowest BCUT2D eigenvalue weighted by molar-refractivity contribution is -0.145. The van der Waals surface area contributed by atoms with Gasteiger partial charge in [0.15, 0.2) is 0 Å². The minimum Gasteiger partial charge on any atom is -0.426 e. The van der Waals surface area contributed by atoms with E-state index in [2.05, 4.69) is 48.5 Å². The Morgan fingerprint density at radius 1 is 0.375 bits per heavy atom. The van der Waals surface area contributed by atoms with Crippen LogP contribution in [-0.4, -0.2) is 11.9 Å². The van der Waals surface area contributed by atoms with E-state index < -0.39 is 0 Å². The van der Waals surface area contributed by atoms with Gasteiger partial charge in [0.25, 0.3) is 0 Å². The van der Waals surface area contributed by atoms with Gasteiger partial charge in [-0.3, -0.25) is 9.59 Å². The Morgan fingerprint density at radius 2 is 0.667 bits per heavy atom. The van der Waals surface area contributed by atoms with Gasteiger partial charge in [0.1, 0.15) is 11.5 Å². The zero-order chi connectivity index (χ0) is 32.7. The zero-order valence-corrected chi connectivity index (χ0v) is 28.1. The van der Waals surface area contributed by atoms with Gasteiger partial charge in [-0.1, -0.05) is 111 Å². The van der Waals surface area contributed by atoms with Gasteiger partial charge >= 0.3 is 11.9 Å². The minimum atomic E-state index is -0.214. The van der Waals surface area contributed by atoms with E-state index in [-0.39, 0.29) is 23.8 Å². The largest absolute Gasteiger partial charge is 0.426 e. The number of hydrogen-bond donors (Lipinski definition) is 0. The fourth-order valence-electron chi connectivity index (χ4n) is 8.16. The number of esters is 2. The molecule has 4 heteroatoms. The standard InChI is InChI=1S/C44H48O4/c45-43(47-41-27-23-37(24-28-41)35-15-11-33(12-16-35)31-7-3-1-4-8-31)39-19-21-40(22-20-39)44(46)48-42-29-25-38(26-30-42)36-17-13-34(14-18-36)32-9-5-2-6-10-32/h11-18,23-32,39-40H,1-10,19-22H2/t39-,40-. The lowest BCUT2D eigenvalue weighted by Gasteiger charge is -2.25. The van der Waals surface area contributed by atoms with E-state index in [1.807, 2.05) is 48.5 Å². The van der Waals surface area contributed by atoms with Crippen LogP contribution in [-0.2, 0) is 9.59 Å². The molecule has 0 heterocycles. The van der Waals surface area contributed by atoms with Crippen LogP contribution < -0.4 is 9.47 Å². The average molecular weight is 641 g/mol. The summed E-state index contributed by atoms with van der Waals surface area (Å²) in [5, 5.41) is 0. The first-order valence-corrected chi connectivity index (χ1v) is 18.4. The van der Waals surface area contributed by atoms with E-state index in [0.29, 0.717) is 49.0 Å². The summed E-state index contributed by atoms with van der Waals surface area (Å²) in [4.78, 5) is 26.0. The van der Waals surface area contributed by atoms with E-state index in [0.717, 1.165) is 11.1 Å². The summed E-state index contributed by atoms with van der Waals surface area (Å²) >= 11 is 0. The third kappa shape index (κ3) is 7.92. The van der Waals surface area contributed by atoms with Crippen molar-refractivity contribution in [3.8, 4) is 33.8 Å². The minimum absolute atomic E-state index is 0.204. The molecular weight excluding hydrogens is 592 g/mol. The highest BCUT2D eigenvalue weighted by Gasteiger charge is 2.32. The summed E-state index contributed by atoms with van der Waals surface area (Å²) in [6, 6.07) is 33.5. The highest BCUT2D eigenvalue weighted by atomic mass is 16.5. The van der Waals surface area contributed by atoms with Gasteiger partial charge in [-0.15, -0.1) is 0 Å². The predicted molar refractivity (Wildman–Crippen MR) is 192 cm³/mol. The lowest BCUT2D eigenvalue weighted by atomic mass is 9.82. The molecule has 0 N–H and O–H groups in total. The van der Waals surface area contributed by atoms with Gasteiger partial charge in [0.05, 0.1) is 11.8 Å². The first-order chi connectivity index (χ1) is 23.6. The number of carbonyl (C=O) groups is 2. The molecule has 4 aromatic rings. The van der Waals surface area contributed by atoms with Crippen molar-refractivity contribution in [2.24, 2.45) is 11.8 Å². The van der Waals surface area contributed by atoms with Crippen molar-refractivity contribution in [1.82, 2.24) is 0 Å². The second-order valence-corrected chi connectivity index (χ2v) is 14.4. The normalized spacial score (nSPS) is 20.6. The molecule has 0 amide bonds. The van der Waals surface area contributed by atoms with Gasteiger partial charge in [0, 0.05) is 0 Å². The fraction of sp³-hybridized carbons (Fsp3) is 0.409. The maximum Gasteiger partial charge on any atom is 0.314 e. The molecule has 248 valence electrons. The molecule has 0 spiro atoms. The molecule has 3 fully saturated rings. The van der Waals surface area contributed by atoms with Crippen LogP contribution in [0.5, 0.6) is 11.5 Å². The summed E-state index contributed by atoms with van der Waals surface area (Å²) in [6.07, 6.45) is 15.8. The molecule has 4 aromatic carbocycles. The first kappa shape index (κ1) is 32.4. The summed E-state index contributed by atoms with van der Waals surface area (Å²) in [5.74, 6) is 1.69. The van der Waals surface area contributed by atoms with Crippen molar-refractivity contribution in [3.63, 3.8) is 0 Å². The number of rotatable bonds is 8. The molecule has 0 aromatic heterocycles. The van der Waals surface area contributed by atoms with Crippen LogP contribution in [0, 0.1) is 11.8 Å². The molecule has 3 aliphatic rings. The predicted octanol–water partition coefficient (Wildman–Crippen LogP) is 11.4.